The smallest absolute Gasteiger partial charge is 0.0326 e. The van der Waals surface area contributed by atoms with E-state index in [1.165, 1.54) is 44.9 Å². The van der Waals surface area contributed by atoms with Gasteiger partial charge in [-0.25, -0.2) is 0 Å². The molecule has 0 saturated heterocycles. The number of hydrogen-bond donors (Lipinski definition) is 0. The molecule has 3 aliphatic carbocycles. The van der Waals surface area contributed by atoms with Gasteiger partial charge in [-0.15, -0.1) is 0 Å². The largest absolute Gasteiger partial charge is 0.0651 e. The lowest BCUT2D eigenvalue weighted by Crippen LogP contribution is -2.37. The Balaban J connectivity index is 1.72. The third kappa shape index (κ3) is 4.84. The summed E-state index contributed by atoms with van der Waals surface area (Å²) in [6.45, 7) is 9.94. The summed E-state index contributed by atoms with van der Waals surface area (Å²) in [5.41, 5.74) is 0. The normalized spacial score (nSPS) is 37.3. The molecule has 0 aromatic carbocycles. The van der Waals surface area contributed by atoms with E-state index in [9.17, 15) is 0 Å². The molecule has 3 rings (SSSR count). The van der Waals surface area contributed by atoms with E-state index in [2.05, 4.69) is 27.7 Å². The molecule has 0 nitrogen and oxygen atoms in total. The minimum atomic E-state index is 0.909. The van der Waals surface area contributed by atoms with E-state index in [-0.39, 0.29) is 0 Å². The molecule has 3 fully saturated rings. The van der Waals surface area contributed by atoms with Gasteiger partial charge in [-0.05, 0) is 85.9 Å². The van der Waals surface area contributed by atoms with Gasteiger partial charge < -0.3 is 0 Å². The van der Waals surface area contributed by atoms with Crippen molar-refractivity contribution in [3.63, 3.8) is 0 Å². The van der Waals surface area contributed by atoms with Crippen molar-refractivity contribution in [1.82, 2.24) is 0 Å². The van der Waals surface area contributed by atoms with Crippen LogP contribution in [0.25, 0.3) is 0 Å². The zero-order chi connectivity index (χ0) is 17.8. The van der Waals surface area contributed by atoms with Gasteiger partial charge in [0.15, 0.2) is 0 Å². The van der Waals surface area contributed by atoms with E-state index in [0.29, 0.717) is 0 Å². The Morgan fingerprint density at radius 3 is 1.60 bits per heavy atom. The van der Waals surface area contributed by atoms with Crippen molar-refractivity contribution in [2.75, 3.05) is 0 Å². The first kappa shape index (κ1) is 19.8. The summed E-state index contributed by atoms with van der Waals surface area (Å²) in [7, 11) is 0. The standard InChI is InChI=1S/C25H46/c1-5-24(21-8-6-7-9-21)25(22-12-10-19(4)11-13-22)23-16-14-20(15-17-23)18(2)3/h18-25H,5-17H2,1-4H3. The van der Waals surface area contributed by atoms with Crippen LogP contribution in [0.3, 0.4) is 0 Å². The maximum absolute atomic E-state index is 2.53. The summed E-state index contributed by atoms with van der Waals surface area (Å²) in [6, 6.07) is 0. The Morgan fingerprint density at radius 2 is 1.12 bits per heavy atom. The topological polar surface area (TPSA) is 0 Å². The highest BCUT2D eigenvalue weighted by Gasteiger charge is 2.41. The first-order valence-corrected chi connectivity index (χ1v) is 12.1. The molecule has 2 atom stereocenters. The monoisotopic (exact) mass is 346 g/mol. The number of hydrogen-bond acceptors (Lipinski definition) is 0. The Hall–Kier alpha value is 0. The lowest BCUT2D eigenvalue weighted by molar-refractivity contribution is 0.0360. The molecule has 0 radical (unpaired) electrons. The van der Waals surface area contributed by atoms with Crippen LogP contribution >= 0.6 is 0 Å². The maximum Gasteiger partial charge on any atom is -0.0326 e. The summed E-state index contributed by atoms with van der Waals surface area (Å²) in [4.78, 5) is 0. The molecule has 3 aliphatic rings. The highest BCUT2D eigenvalue weighted by molar-refractivity contribution is 4.91. The molecule has 25 heavy (non-hydrogen) atoms. The van der Waals surface area contributed by atoms with Crippen molar-refractivity contribution in [3.05, 3.63) is 0 Å². The molecule has 2 unspecified atom stereocenters. The molecule has 0 aromatic rings. The summed E-state index contributed by atoms with van der Waals surface area (Å²) in [5.74, 6) is 8.29. The molecular formula is C25H46. The van der Waals surface area contributed by atoms with Crippen LogP contribution in [0.4, 0.5) is 0 Å². The lowest BCUT2D eigenvalue weighted by Gasteiger charge is -2.46. The predicted octanol–water partition coefficient (Wildman–Crippen LogP) is 8.11. The van der Waals surface area contributed by atoms with E-state index in [4.69, 9.17) is 0 Å². The highest BCUT2D eigenvalue weighted by atomic mass is 14.5. The second-order valence-electron chi connectivity index (χ2n) is 10.6. The summed E-state index contributed by atoms with van der Waals surface area (Å²) < 4.78 is 0. The van der Waals surface area contributed by atoms with Crippen molar-refractivity contribution >= 4 is 0 Å². The Labute approximate surface area is 158 Å². The fraction of sp³-hybridized carbons (Fsp3) is 1.00. The second-order valence-corrected chi connectivity index (χ2v) is 10.6. The molecular weight excluding hydrogens is 300 g/mol. The average Bonchev–Trinajstić information content (AvgIpc) is 3.15. The summed E-state index contributed by atoms with van der Waals surface area (Å²) >= 11 is 0. The Bertz CT molecular complexity index is 361. The predicted molar refractivity (Wildman–Crippen MR) is 111 cm³/mol. The molecule has 0 spiro atoms. The van der Waals surface area contributed by atoms with Crippen LogP contribution in [0.2, 0.25) is 0 Å². The van der Waals surface area contributed by atoms with Crippen LogP contribution in [0, 0.1) is 47.3 Å². The Kier molecular flexibility index (Phi) is 7.33. The lowest BCUT2D eigenvalue weighted by atomic mass is 9.59. The first-order chi connectivity index (χ1) is 12.1. The van der Waals surface area contributed by atoms with Gasteiger partial charge in [-0.1, -0.05) is 72.6 Å². The van der Waals surface area contributed by atoms with E-state index in [1.54, 1.807) is 38.5 Å². The van der Waals surface area contributed by atoms with Crippen molar-refractivity contribution in [1.29, 1.82) is 0 Å². The Morgan fingerprint density at radius 1 is 0.640 bits per heavy atom. The van der Waals surface area contributed by atoms with Crippen LogP contribution in [0.1, 0.15) is 111 Å². The van der Waals surface area contributed by atoms with E-state index in [0.717, 1.165) is 47.3 Å². The summed E-state index contributed by atoms with van der Waals surface area (Å²) in [5, 5.41) is 0. The van der Waals surface area contributed by atoms with E-state index >= 15 is 0 Å². The van der Waals surface area contributed by atoms with Crippen LogP contribution in [0.15, 0.2) is 0 Å². The van der Waals surface area contributed by atoms with Gasteiger partial charge in [-0.2, -0.15) is 0 Å². The third-order valence-corrected chi connectivity index (χ3v) is 8.88. The van der Waals surface area contributed by atoms with Crippen LogP contribution in [-0.4, -0.2) is 0 Å². The van der Waals surface area contributed by atoms with Crippen molar-refractivity contribution in [2.45, 2.75) is 111 Å². The zero-order valence-corrected chi connectivity index (χ0v) is 17.8. The fourth-order valence-corrected chi connectivity index (χ4v) is 7.26. The number of rotatable bonds is 6. The zero-order valence-electron chi connectivity index (χ0n) is 17.8. The fourth-order valence-electron chi connectivity index (χ4n) is 7.26. The minimum absolute atomic E-state index is 0.909. The first-order valence-electron chi connectivity index (χ1n) is 12.1. The van der Waals surface area contributed by atoms with Crippen LogP contribution < -0.4 is 0 Å². The molecule has 0 heteroatoms. The van der Waals surface area contributed by atoms with E-state index < -0.39 is 0 Å². The molecule has 3 saturated carbocycles. The SMILES string of the molecule is CCC(C1CCCC1)C(C1CCC(C)CC1)C1CCC(C(C)C)CC1. The maximum atomic E-state index is 2.53. The van der Waals surface area contributed by atoms with Crippen molar-refractivity contribution < 1.29 is 0 Å². The van der Waals surface area contributed by atoms with Gasteiger partial charge >= 0.3 is 0 Å². The highest BCUT2D eigenvalue weighted by Crippen LogP contribution is 2.51. The van der Waals surface area contributed by atoms with Crippen molar-refractivity contribution in [2.24, 2.45) is 47.3 Å². The van der Waals surface area contributed by atoms with Gasteiger partial charge in [0.25, 0.3) is 0 Å². The van der Waals surface area contributed by atoms with E-state index in [1.807, 2.05) is 0 Å². The molecule has 0 aromatic heterocycles. The average molecular weight is 347 g/mol. The summed E-state index contributed by atoms with van der Waals surface area (Å²) in [6.07, 6.45) is 19.9. The molecule has 0 amide bonds. The van der Waals surface area contributed by atoms with Gasteiger partial charge in [0, 0.05) is 0 Å². The molecule has 0 heterocycles. The van der Waals surface area contributed by atoms with Gasteiger partial charge in [0.1, 0.15) is 0 Å². The molecule has 0 aliphatic heterocycles. The van der Waals surface area contributed by atoms with Crippen LogP contribution in [0.5, 0.6) is 0 Å². The van der Waals surface area contributed by atoms with Crippen molar-refractivity contribution in [3.8, 4) is 0 Å². The molecule has 0 bridgehead atoms. The van der Waals surface area contributed by atoms with Gasteiger partial charge in [0.05, 0.1) is 0 Å². The van der Waals surface area contributed by atoms with Gasteiger partial charge in [0.2, 0.25) is 0 Å². The quantitative estimate of drug-likeness (QED) is 0.455. The van der Waals surface area contributed by atoms with Crippen LogP contribution in [-0.2, 0) is 0 Å². The molecule has 0 N–H and O–H groups in total. The van der Waals surface area contributed by atoms with Gasteiger partial charge in [-0.3, -0.25) is 0 Å². The molecule has 146 valence electrons. The minimum Gasteiger partial charge on any atom is -0.0651 e. The third-order valence-electron chi connectivity index (χ3n) is 8.88. The second kappa shape index (κ2) is 9.27.